The normalized spacial score (nSPS) is 10.0. The van der Waals surface area contributed by atoms with E-state index in [-0.39, 0.29) is 5.91 Å². The Morgan fingerprint density at radius 3 is 2.83 bits per heavy atom. The number of benzene rings is 2. The van der Waals surface area contributed by atoms with Crippen LogP contribution in [0.2, 0.25) is 0 Å². The third-order valence-corrected chi connectivity index (χ3v) is 3.34. The van der Waals surface area contributed by atoms with Crippen LogP contribution >= 0.6 is 0 Å². The van der Waals surface area contributed by atoms with E-state index in [2.05, 4.69) is 10.4 Å². The largest absolute Gasteiger partial charge is 0.322 e. The Hall–Kier alpha value is -3.39. The van der Waals surface area contributed by atoms with Gasteiger partial charge in [-0.25, -0.2) is 0 Å². The Labute approximate surface area is 133 Å². The first-order valence-corrected chi connectivity index (χ1v) is 7.12. The molecule has 0 aliphatic carbocycles. The van der Waals surface area contributed by atoms with E-state index in [1.165, 1.54) is 0 Å². The number of nitriles is 1. The number of anilines is 1. The zero-order valence-corrected chi connectivity index (χ0v) is 12.3. The zero-order chi connectivity index (χ0) is 16.1. The highest BCUT2D eigenvalue weighted by Crippen LogP contribution is 2.14. The number of carbonyl (C=O) groups excluding carboxylic acids is 1. The number of hydrogen-bond donors (Lipinski definition) is 1. The maximum Gasteiger partial charge on any atom is 0.255 e. The molecule has 3 aromatic rings. The predicted octanol–water partition coefficient (Wildman–Crippen LogP) is 3.06. The van der Waals surface area contributed by atoms with Crippen molar-refractivity contribution in [1.29, 1.82) is 5.26 Å². The van der Waals surface area contributed by atoms with Crippen molar-refractivity contribution in [3.05, 3.63) is 83.7 Å². The van der Waals surface area contributed by atoms with E-state index in [9.17, 15) is 4.79 Å². The van der Waals surface area contributed by atoms with Crippen molar-refractivity contribution >= 4 is 11.6 Å². The van der Waals surface area contributed by atoms with Crippen molar-refractivity contribution < 1.29 is 4.79 Å². The van der Waals surface area contributed by atoms with Crippen LogP contribution in [0.5, 0.6) is 0 Å². The van der Waals surface area contributed by atoms with Gasteiger partial charge in [-0.05, 0) is 42.0 Å². The SMILES string of the molecule is N#Cc1cccc(C(=O)Nc2cccc(Cn3cccn3)c2)c1. The summed E-state index contributed by atoms with van der Waals surface area (Å²) in [5, 5.41) is 15.9. The summed E-state index contributed by atoms with van der Waals surface area (Å²) in [5.74, 6) is -0.238. The van der Waals surface area contributed by atoms with Gasteiger partial charge in [-0.15, -0.1) is 0 Å². The molecule has 0 saturated heterocycles. The van der Waals surface area contributed by atoms with Crippen LogP contribution in [0, 0.1) is 11.3 Å². The fourth-order valence-electron chi connectivity index (χ4n) is 2.26. The van der Waals surface area contributed by atoms with Gasteiger partial charge in [0.05, 0.1) is 18.2 Å². The first-order valence-electron chi connectivity index (χ1n) is 7.12. The summed E-state index contributed by atoms with van der Waals surface area (Å²) >= 11 is 0. The molecule has 1 N–H and O–H groups in total. The van der Waals surface area contributed by atoms with Crippen LogP contribution < -0.4 is 5.32 Å². The molecule has 0 spiro atoms. The topological polar surface area (TPSA) is 70.7 Å². The van der Waals surface area contributed by atoms with Gasteiger partial charge in [0, 0.05) is 23.6 Å². The molecule has 5 heteroatoms. The summed E-state index contributed by atoms with van der Waals surface area (Å²) < 4.78 is 1.82. The summed E-state index contributed by atoms with van der Waals surface area (Å²) in [6.07, 6.45) is 3.62. The number of rotatable bonds is 4. The van der Waals surface area contributed by atoms with Crippen LogP contribution in [0.15, 0.2) is 67.0 Å². The summed E-state index contributed by atoms with van der Waals surface area (Å²) in [4.78, 5) is 12.3. The highest BCUT2D eigenvalue weighted by atomic mass is 16.1. The number of amides is 1. The molecule has 5 nitrogen and oxygen atoms in total. The van der Waals surface area contributed by atoms with Gasteiger partial charge in [-0.2, -0.15) is 10.4 Å². The highest BCUT2D eigenvalue weighted by molar-refractivity contribution is 6.04. The average Bonchev–Trinajstić information content (AvgIpc) is 3.08. The molecule has 2 aromatic carbocycles. The van der Waals surface area contributed by atoms with Crippen molar-refractivity contribution in [3.8, 4) is 6.07 Å². The van der Waals surface area contributed by atoms with Gasteiger partial charge in [0.1, 0.15) is 0 Å². The quantitative estimate of drug-likeness (QED) is 0.805. The van der Waals surface area contributed by atoms with Gasteiger partial charge in [-0.1, -0.05) is 18.2 Å². The molecule has 1 heterocycles. The fourth-order valence-corrected chi connectivity index (χ4v) is 2.26. The van der Waals surface area contributed by atoms with Crippen molar-refractivity contribution in [3.63, 3.8) is 0 Å². The van der Waals surface area contributed by atoms with Gasteiger partial charge in [0.2, 0.25) is 0 Å². The minimum atomic E-state index is -0.238. The minimum Gasteiger partial charge on any atom is -0.322 e. The molecular formula is C18H14N4O. The number of nitrogens with one attached hydrogen (secondary N) is 1. The first-order chi connectivity index (χ1) is 11.2. The third kappa shape index (κ3) is 3.63. The van der Waals surface area contributed by atoms with Crippen LogP contribution in [0.3, 0.4) is 0 Å². The molecule has 0 bridgehead atoms. The molecular weight excluding hydrogens is 288 g/mol. The molecule has 0 aliphatic rings. The Bertz CT molecular complexity index is 863. The molecule has 0 saturated carbocycles. The zero-order valence-electron chi connectivity index (χ0n) is 12.3. The lowest BCUT2D eigenvalue weighted by Crippen LogP contribution is -2.12. The lowest BCUT2D eigenvalue weighted by Gasteiger charge is -2.08. The minimum absolute atomic E-state index is 0.238. The number of nitrogens with zero attached hydrogens (tertiary/aromatic N) is 3. The van der Waals surface area contributed by atoms with Crippen molar-refractivity contribution in [2.24, 2.45) is 0 Å². The maximum atomic E-state index is 12.3. The van der Waals surface area contributed by atoms with Crippen LogP contribution in [0.4, 0.5) is 5.69 Å². The van der Waals surface area contributed by atoms with E-state index in [1.54, 1.807) is 30.5 Å². The Kier molecular flexibility index (Phi) is 4.16. The molecule has 23 heavy (non-hydrogen) atoms. The smallest absolute Gasteiger partial charge is 0.255 e. The van der Waals surface area contributed by atoms with Crippen LogP contribution in [-0.4, -0.2) is 15.7 Å². The van der Waals surface area contributed by atoms with Crippen molar-refractivity contribution in [2.45, 2.75) is 6.54 Å². The second kappa shape index (κ2) is 6.58. The number of hydrogen-bond acceptors (Lipinski definition) is 3. The van der Waals surface area contributed by atoms with Crippen LogP contribution in [-0.2, 0) is 6.54 Å². The van der Waals surface area contributed by atoms with Gasteiger partial charge in [0.15, 0.2) is 0 Å². The maximum absolute atomic E-state index is 12.3. The molecule has 1 amide bonds. The molecule has 0 unspecified atom stereocenters. The van der Waals surface area contributed by atoms with E-state index >= 15 is 0 Å². The van der Waals surface area contributed by atoms with Gasteiger partial charge >= 0.3 is 0 Å². The standard InChI is InChI=1S/C18H14N4O/c19-12-14-4-1-6-16(10-14)18(23)21-17-7-2-5-15(11-17)13-22-9-3-8-20-22/h1-11H,13H2,(H,21,23). The summed E-state index contributed by atoms with van der Waals surface area (Å²) in [6, 6.07) is 18.1. The van der Waals surface area contributed by atoms with Crippen molar-refractivity contribution in [1.82, 2.24) is 9.78 Å². The van der Waals surface area contributed by atoms with Gasteiger partial charge in [0.25, 0.3) is 5.91 Å². The predicted molar refractivity (Wildman–Crippen MR) is 86.9 cm³/mol. The fraction of sp³-hybridized carbons (Fsp3) is 0.0556. The Morgan fingerprint density at radius 1 is 1.17 bits per heavy atom. The van der Waals surface area contributed by atoms with Crippen LogP contribution in [0.25, 0.3) is 0 Å². The van der Waals surface area contributed by atoms with E-state index in [0.29, 0.717) is 23.4 Å². The summed E-state index contributed by atoms with van der Waals surface area (Å²) in [5.41, 5.74) is 2.67. The highest BCUT2D eigenvalue weighted by Gasteiger charge is 2.07. The average molecular weight is 302 g/mol. The van der Waals surface area contributed by atoms with E-state index in [0.717, 1.165) is 5.56 Å². The van der Waals surface area contributed by atoms with E-state index < -0.39 is 0 Å². The molecule has 3 rings (SSSR count). The molecule has 112 valence electrons. The van der Waals surface area contributed by atoms with E-state index in [1.807, 2.05) is 47.3 Å². The third-order valence-electron chi connectivity index (χ3n) is 3.34. The number of aromatic nitrogens is 2. The van der Waals surface area contributed by atoms with Crippen LogP contribution in [0.1, 0.15) is 21.5 Å². The lowest BCUT2D eigenvalue weighted by molar-refractivity contribution is 0.102. The molecule has 0 fully saturated rings. The summed E-state index contributed by atoms with van der Waals surface area (Å²) in [7, 11) is 0. The Morgan fingerprint density at radius 2 is 2.04 bits per heavy atom. The molecule has 0 atom stereocenters. The second-order valence-electron chi connectivity index (χ2n) is 5.05. The summed E-state index contributed by atoms with van der Waals surface area (Å²) in [6.45, 7) is 0.640. The monoisotopic (exact) mass is 302 g/mol. The molecule has 1 aromatic heterocycles. The van der Waals surface area contributed by atoms with E-state index in [4.69, 9.17) is 5.26 Å². The Balaban J connectivity index is 1.74. The molecule has 0 aliphatic heterocycles. The number of carbonyl (C=O) groups is 1. The molecule has 0 radical (unpaired) electrons. The lowest BCUT2D eigenvalue weighted by atomic mass is 10.1. The van der Waals surface area contributed by atoms with Crippen molar-refractivity contribution in [2.75, 3.05) is 5.32 Å². The van der Waals surface area contributed by atoms with Gasteiger partial charge in [-0.3, -0.25) is 9.48 Å². The first kappa shape index (κ1) is 14.5. The van der Waals surface area contributed by atoms with Gasteiger partial charge < -0.3 is 5.32 Å². The second-order valence-corrected chi connectivity index (χ2v) is 5.05.